The lowest BCUT2D eigenvalue weighted by Gasteiger charge is -2.19. The lowest BCUT2D eigenvalue weighted by Crippen LogP contribution is -2.42. The summed E-state index contributed by atoms with van der Waals surface area (Å²) in [6.45, 7) is 4.63. The van der Waals surface area contributed by atoms with Gasteiger partial charge in [0.05, 0.1) is 5.23 Å². The quantitative estimate of drug-likeness (QED) is 0.688. The predicted octanol–water partition coefficient (Wildman–Crippen LogP) is 0.867. The molecule has 0 saturated heterocycles. The first-order chi connectivity index (χ1) is 6.71. The first kappa shape index (κ1) is 4.23. The first-order valence-electron chi connectivity index (χ1n) is 5.74. The van der Waals surface area contributed by atoms with E-state index in [0.717, 1.165) is 0 Å². The Bertz CT molecular complexity index is 397. The number of rotatable bonds is 2. The number of nitrogens with one attached hydrogen (secondary N) is 1. The van der Waals surface area contributed by atoms with Gasteiger partial charge in [0, 0.05) is 12.4 Å². The van der Waals surface area contributed by atoms with Crippen LogP contribution in [0.2, 0.25) is 0 Å². The van der Waals surface area contributed by atoms with Crippen molar-refractivity contribution in [2.45, 2.75) is 44.3 Å². The van der Waals surface area contributed by atoms with Crippen molar-refractivity contribution in [3.05, 3.63) is 0 Å². The Morgan fingerprint density at radius 2 is 2.00 bits per heavy atom. The summed E-state index contributed by atoms with van der Waals surface area (Å²) in [4.78, 5) is 0. The Hall–Kier alpha value is -0.0900. The average Bonchev–Trinajstić information content (AvgIpc) is 2.25. The summed E-state index contributed by atoms with van der Waals surface area (Å²) in [6.07, 6.45) is -5.39. The van der Waals surface area contributed by atoms with E-state index in [1.807, 2.05) is 0 Å². The molecule has 0 bridgehead atoms. The van der Waals surface area contributed by atoms with E-state index in [-0.39, 0.29) is 0 Å². The van der Waals surface area contributed by atoms with Gasteiger partial charge in [-0.1, -0.05) is 0 Å². The molecule has 0 spiro atoms. The molecule has 0 aromatic rings. The Balaban J connectivity index is 3.15. The molecule has 11 heavy (non-hydrogen) atoms. The lowest BCUT2D eigenvalue weighted by atomic mass is 10.1. The smallest absolute Gasteiger partial charge is 0.212 e. The summed E-state index contributed by atoms with van der Waals surface area (Å²) in [6, 6.07) is 0. The van der Waals surface area contributed by atoms with E-state index in [9.17, 15) is 8.42 Å². The molecule has 0 unspecified atom stereocenters. The molecule has 1 N–H and O–H groups in total. The second kappa shape index (κ2) is 2.45. The van der Waals surface area contributed by atoms with Crippen LogP contribution in [0.25, 0.3) is 0 Å². The maximum Gasteiger partial charge on any atom is 0.214 e. The normalized spacial score (nSPS) is 39.0. The van der Waals surface area contributed by atoms with Crippen molar-refractivity contribution in [2.75, 3.05) is 0 Å². The van der Waals surface area contributed by atoms with Gasteiger partial charge in [-0.25, -0.2) is 13.1 Å². The van der Waals surface area contributed by atoms with Gasteiger partial charge in [-0.15, -0.1) is 0 Å². The molecule has 3 nitrogen and oxygen atoms in total. The fourth-order valence-electron chi connectivity index (χ4n) is 0.614. The summed E-state index contributed by atoms with van der Waals surface area (Å²) < 4.78 is 62.2. The summed E-state index contributed by atoms with van der Waals surface area (Å²) in [5.74, 6) is 0. The van der Waals surface area contributed by atoms with Crippen LogP contribution in [0.3, 0.4) is 0 Å². The zero-order valence-electron chi connectivity index (χ0n) is 11.7. The molecule has 0 atom stereocenters. The number of hydrogen-bond acceptors (Lipinski definition) is 2. The van der Waals surface area contributed by atoms with Gasteiger partial charge in [-0.05, 0) is 33.5 Å². The molecule has 1 aliphatic carbocycles. The van der Waals surface area contributed by atoms with E-state index in [1.165, 1.54) is 0 Å². The minimum atomic E-state index is -4.39. The highest BCUT2D eigenvalue weighted by Crippen LogP contribution is 2.28. The standard InChI is InChI=1S/C7H15NO2S/c1-7(2,3)8-11(9,10)6-4-5-6/h6,8H,4-5H2,1-3H3/i4D2,5D2,6D. The van der Waals surface area contributed by atoms with Gasteiger partial charge in [0.1, 0.15) is 0 Å². The predicted molar refractivity (Wildman–Crippen MR) is 44.8 cm³/mol. The van der Waals surface area contributed by atoms with Gasteiger partial charge in [-0.3, -0.25) is 0 Å². The van der Waals surface area contributed by atoms with Gasteiger partial charge in [0.25, 0.3) is 0 Å². The van der Waals surface area contributed by atoms with E-state index < -0.39 is 33.5 Å². The number of sulfonamides is 1. The molecule has 66 valence electrons. The molecular formula is C7H15NO2S. The third-order valence-electron chi connectivity index (χ3n) is 0.936. The Labute approximate surface area is 75.3 Å². The summed E-state index contributed by atoms with van der Waals surface area (Å²) in [5.41, 5.74) is -0.873. The Morgan fingerprint density at radius 3 is 2.27 bits per heavy atom. The molecule has 1 rings (SSSR count). The molecule has 0 amide bonds. The second-order valence-corrected chi connectivity index (χ2v) is 5.05. The van der Waals surface area contributed by atoms with Crippen molar-refractivity contribution in [1.82, 2.24) is 4.72 Å². The highest BCUT2D eigenvalue weighted by atomic mass is 32.2. The molecule has 0 aromatic carbocycles. The van der Waals surface area contributed by atoms with Crippen LogP contribution in [0.5, 0.6) is 0 Å². The monoisotopic (exact) mass is 182 g/mol. The molecule has 1 fully saturated rings. The van der Waals surface area contributed by atoms with Crippen LogP contribution in [0.1, 0.15) is 40.4 Å². The average molecular weight is 182 g/mol. The highest BCUT2D eigenvalue weighted by molar-refractivity contribution is 7.90. The maximum atomic E-state index is 11.8. The SMILES string of the molecule is [2H]C1([2H])C([2H])([2H])C1([2H])S(=O)(=O)NC(C)(C)C. The molecule has 4 heteroatoms. The minimum absolute atomic E-state index is 0.873. The van der Waals surface area contributed by atoms with E-state index in [0.29, 0.717) is 0 Å². The van der Waals surface area contributed by atoms with E-state index in [4.69, 9.17) is 6.85 Å². The van der Waals surface area contributed by atoms with Crippen molar-refractivity contribution in [2.24, 2.45) is 0 Å². The van der Waals surface area contributed by atoms with E-state index in [2.05, 4.69) is 4.72 Å². The van der Waals surface area contributed by atoms with E-state index >= 15 is 0 Å². The topological polar surface area (TPSA) is 46.2 Å². The summed E-state index contributed by atoms with van der Waals surface area (Å²) >= 11 is 0. The summed E-state index contributed by atoms with van der Waals surface area (Å²) in [5, 5.41) is -2.78. The minimum Gasteiger partial charge on any atom is -0.212 e. The van der Waals surface area contributed by atoms with Crippen LogP contribution < -0.4 is 4.72 Å². The van der Waals surface area contributed by atoms with Crippen molar-refractivity contribution in [3.8, 4) is 0 Å². The highest BCUT2D eigenvalue weighted by Gasteiger charge is 2.37. The molecule has 0 heterocycles. The lowest BCUT2D eigenvalue weighted by molar-refractivity contribution is 0.490. The van der Waals surface area contributed by atoms with Gasteiger partial charge in [0.2, 0.25) is 10.0 Å². The van der Waals surface area contributed by atoms with Crippen LogP contribution in [0.4, 0.5) is 0 Å². The third kappa shape index (κ3) is 2.79. The van der Waals surface area contributed by atoms with Crippen LogP contribution in [-0.4, -0.2) is 19.2 Å². The van der Waals surface area contributed by atoms with Gasteiger partial charge in [-0.2, -0.15) is 0 Å². The molecule has 0 aromatic heterocycles. The van der Waals surface area contributed by atoms with E-state index in [1.54, 1.807) is 20.8 Å². The Morgan fingerprint density at radius 1 is 1.55 bits per heavy atom. The van der Waals surface area contributed by atoms with Crippen molar-refractivity contribution >= 4 is 10.0 Å². The molecule has 0 radical (unpaired) electrons. The van der Waals surface area contributed by atoms with Gasteiger partial charge >= 0.3 is 0 Å². The second-order valence-electron chi connectivity index (χ2n) is 3.43. The zero-order chi connectivity index (χ0) is 13.2. The zero-order valence-corrected chi connectivity index (χ0v) is 7.54. The molecular weight excluding hydrogens is 162 g/mol. The largest absolute Gasteiger partial charge is 0.214 e. The van der Waals surface area contributed by atoms with Crippen LogP contribution in [-0.2, 0) is 10.0 Å². The van der Waals surface area contributed by atoms with Gasteiger partial charge < -0.3 is 0 Å². The number of hydrogen-bond donors (Lipinski definition) is 1. The Kier molecular flexibility index (Phi) is 0.944. The molecule has 0 aliphatic heterocycles. The molecule has 1 saturated carbocycles. The van der Waals surface area contributed by atoms with Crippen molar-refractivity contribution in [1.29, 1.82) is 0 Å². The first-order valence-corrected chi connectivity index (χ1v) is 4.72. The van der Waals surface area contributed by atoms with Gasteiger partial charge in [0.15, 0.2) is 0 Å². The van der Waals surface area contributed by atoms with Crippen molar-refractivity contribution < 1.29 is 15.3 Å². The fourth-order valence-corrected chi connectivity index (χ4v) is 1.84. The van der Waals surface area contributed by atoms with Crippen LogP contribution in [0, 0.1) is 0 Å². The summed E-state index contributed by atoms with van der Waals surface area (Å²) in [7, 11) is -4.39. The molecule has 1 aliphatic rings. The van der Waals surface area contributed by atoms with Crippen LogP contribution in [0.15, 0.2) is 0 Å². The maximum absolute atomic E-state index is 11.8. The van der Waals surface area contributed by atoms with Crippen molar-refractivity contribution in [3.63, 3.8) is 0 Å². The fraction of sp³-hybridized carbons (Fsp3) is 1.00. The van der Waals surface area contributed by atoms with Crippen LogP contribution >= 0.6 is 0 Å². The third-order valence-corrected chi connectivity index (χ3v) is 2.56.